The van der Waals surface area contributed by atoms with Crippen molar-refractivity contribution >= 4 is 12.0 Å². The first-order valence-corrected chi connectivity index (χ1v) is 4.09. The van der Waals surface area contributed by atoms with E-state index in [4.69, 9.17) is 4.74 Å². The van der Waals surface area contributed by atoms with Crippen LogP contribution < -0.4 is 5.32 Å². The van der Waals surface area contributed by atoms with Crippen molar-refractivity contribution in [3.63, 3.8) is 0 Å². The van der Waals surface area contributed by atoms with Crippen molar-refractivity contribution in [2.75, 3.05) is 5.32 Å². The van der Waals surface area contributed by atoms with Gasteiger partial charge in [-0.3, -0.25) is 5.32 Å². The predicted octanol–water partition coefficient (Wildman–Crippen LogP) is 1.22. The molecule has 1 heterocycles. The number of hydrogen-bond acceptors (Lipinski definition) is 5. The number of hydrogen-bond donors (Lipinski definition) is 1. The van der Waals surface area contributed by atoms with E-state index >= 15 is 0 Å². The first-order chi connectivity index (χ1) is 6.47. The summed E-state index contributed by atoms with van der Waals surface area (Å²) in [6.07, 6.45) is 2.00. The lowest BCUT2D eigenvalue weighted by atomic mass is 10.2. The van der Waals surface area contributed by atoms with Gasteiger partial charge in [-0.25, -0.2) is 19.7 Å². The summed E-state index contributed by atoms with van der Waals surface area (Å²) >= 11 is 0. The monoisotopic (exact) mass is 196 g/mol. The third-order valence-corrected chi connectivity index (χ3v) is 1.11. The molecular weight excluding hydrogens is 184 g/mol. The van der Waals surface area contributed by atoms with Crippen LogP contribution in [0.25, 0.3) is 0 Å². The summed E-state index contributed by atoms with van der Waals surface area (Å²) in [6.45, 7) is 5.33. The van der Waals surface area contributed by atoms with Crippen molar-refractivity contribution in [2.24, 2.45) is 0 Å². The molecule has 0 aliphatic heterocycles. The van der Waals surface area contributed by atoms with E-state index in [0.29, 0.717) is 0 Å². The van der Waals surface area contributed by atoms with E-state index in [2.05, 4.69) is 20.3 Å². The molecule has 0 atom stereocenters. The first-order valence-electron chi connectivity index (χ1n) is 4.09. The molecule has 0 saturated heterocycles. The van der Waals surface area contributed by atoms with Gasteiger partial charge in [-0.1, -0.05) is 0 Å². The van der Waals surface area contributed by atoms with Crippen molar-refractivity contribution in [1.29, 1.82) is 0 Å². The van der Waals surface area contributed by atoms with Gasteiger partial charge in [0.05, 0.1) is 0 Å². The SMILES string of the molecule is CC(C)(C)OC(=O)Nc1ncncn1. The Hall–Kier alpha value is -1.72. The fourth-order valence-electron chi connectivity index (χ4n) is 0.699. The third-order valence-electron chi connectivity index (χ3n) is 1.11. The number of carbonyl (C=O) groups is 1. The quantitative estimate of drug-likeness (QED) is 0.730. The highest BCUT2D eigenvalue weighted by atomic mass is 16.6. The van der Waals surface area contributed by atoms with Gasteiger partial charge in [0.2, 0.25) is 5.95 Å². The zero-order valence-electron chi connectivity index (χ0n) is 8.31. The molecule has 0 radical (unpaired) electrons. The minimum Gasteiger partial charge on any atom is -0.444 e. The molecule has 0 fully saturated rings. The molecule has 0 aromatic carbocycles. The molecule has 1 N–H and O–H groups in total. The summed E-state index contributed by atoms with van der Waals surface area (Å²) < 4.78 is 4.99. The minimum absolute atomic E-state index is 0.175. The Balaban J connectivity index is 2.50. The number of nitrogens with one attached hydrogen (secondary N) is 1. The van der Waals surface area contributed by atoms with Crippen LogP contribution in [0.2, 0.25) is 0 Å². The van der Waals surface area contributed by atoms with E-state index < -0.39 is 11.7 Å². The average Bonchev–Trinajstić information content (AvgIpc) is 2.02. The van der Waals surface area contributed by atoms with Crippen LogP contribution in [0, 0.1) is 0 Å². The van der Waals surface area contributed by atoms with Crippen molar-refractivity contribution in [2.45, 2.75) is 26.4 Å². The molecule has 6 heteroatoms. The zero-order valence-corrected chi connectivity index (χ0v) is 8.31. The molecule has 0 aliphatic rings. The van der Waals surface area contributed by atoms with Crippen LogP contribution in [-0.2, 0) is 4.74 Å². The molecule has 14 heavy (non-hydrogen) atoms. The lowest BCUT2D eigenvalue weighted by Crippen LogP contribution is -2.27. The van der Waals surface area contributed by atoms with Gasteiger partial charge in [0, 0.05) is 0 Å². The Morgan fingerprint density at radius 3 is 2.43 bits per heavy atom. The van der Waals surface area contributed by atoms with Crippen LogP contribution in [0.4, 0.5) is 10.7 Å². The molecule has 1 amide bonds. The van der Waals surface area contributed by atoms with E-state index in [1.807, 2.05) is 0 Å². The number of amides is 1. The van der Waals surface area contributed by atoms with Crippen molar-refractivity contribution in [3.05, 3.63) is 12.7 Å². The molecule has 0 saturated carbocycles. The van der Waals surface area contributed by atoms with Crippen LogP contribution in [0.15, 0.2) is 12.7 Å². The molecule has 0 aliphatic carbocycles. The van der Waals surface area contributed by atoms with Crippen molar-refractivity contribution in [3.8, 4) is 0 Å². The average molecular weight is 196 g/mol. The molecule has 1 rings (SSSR count). The van der Waals surface area contributed by atoms with Gasteiger partial charge in [0.1, 0.15) is 18.3 Å². The largest absolute Gasteiger partial charge is 0.444 e. The summed E-state index contributed by atoms with van der Waals surface area (Å²) in [6, 6.07) is 0. The standard InChI is InChI=1S/C8H12N4O2/c1-8(2,3)14-7(13)12-6-10-4-9-5-11-6/h4-5H,1-3H3,(H,9,10,11,12,13). The Kier molecular flexibility index (Phi) is 2.95. The highest BCUT2D eigenvalue weighted by Gasteiger charge is 2.16. The fraction of sp³-hybridized carbons (Fsp3) is 0.500. The lowest BCUT2D eigenvalue weighted by molar-refractivity contribution is 0.0634. The van der Waals surface area contributed by atoms with E-state index in [1.54, 1.807) is 20.8 Å². The summed E-state index contributed by atoms with van der Waals surface area (Å²) in [4.78, 5) is 22.2. The number of aromatic nitrogens is 3. The van der Waals surface area contributed by atoms with E-state index in [-0.39, 0.29) is 5.95 Å². The van der Waals surface area contributed by atoms with Gasteiger partial charge >= 0.3 is 6.09 Å². The number of anilines is 1. The second-order valence-corrected chi connectivity index (χ2v) is 3.59. The van der Waals surface area contributed by atoms with E-state index in [0.717, 1.165) is 0 Å². The zero-order chi connectivity index (χ0) is 10.6. The first kappa shape index (κ1) is 10.4. The molecule has 0 bridgehead atoms. The number of ether oxygens (including phenoxy) is 1. The molecule has 76 valence electrons. The van der Waals surface area contributed by atoms with Gasteiger partial charge in [0.15, 0.2) is 0 Å². The van der Waals surface area contributed by atoms with E-state index in [9.17, 15) is 4.79 Å². The Morgan fingerprint density at radius 1 is 1.36 bits per heavy atom. The topological polar surface area (TPSA) is 77.0 Å². The second-order valence-electron chi connectivity index (χ2n) is 3.59. The summed E-state index contributed by atoms with van der Waals surface area (Å²) in [7, 11) is 0. The number of carbonyl (C=O) groups excluding carboxylic acids is 1. The Labute approximate surface area is 81.7 Å². The maximum absolute atomic E-state index is 11.2. The highest BCUT2D eigenvalue weighted by molar-refractivity contribution is 5.82. The molecule has 6 nitrogen and oxygen atoms in total. The van der Waals surface area contributed by atoms with Crippen LogP contribution in [-0.4, -0.2) is 26.6 Å². The highest BCUT2D eigenvalue weighted by Crippen LogP contribution is 2.07. The van der Waals surface area contributed by atoms with Gasteiger partial charge in [-0.05, 0) is 20.8 Å². The maximum atomic E-state index is 11.2. The van der Waals surface area contributed by atoms with E-state index in [1.165, 1.54) is 12.7 Å². The normalized spacial score (nSPS) is 10.8. The molecular formula is C8H12N4O2. The van der Waals surface area contributed by atoms with Crippen molar-refractivity contribution < 1.29 is 9.53 Å². The molecule has 1 aromatic rings. The van der Waals surface area contributed by atoms with Gasteiger partial charge < -0.3 is 4.74 Å². The third kappa shape index (κ3) is 3.79. The summed E-state index contributed by atoms with van der Waals surface area (Å²) in [5.74, 6) is 0.175. The predicted molar refractivity (Wildman–Crippen MR) is 49.7 cm³/mol. The maximum Gasteiger partial charge on any atom is 0.414 e. The van der Waals surface area contributed by atoms with Crippen molar-refractivity contribution in [1.82, 2.24) is 15.0 Å². The van der Waals surface area contributed by atoms with Crippen LogP contribution >= 0.6 is 0 Å². The van der Waals surface area contributed by atoms with Crippen LogP contribution in [0.1, 0.15) is 20.8 Å². The number of rotatable bonds is 1. The Morgan fingerprint density at radius 2 is 1.93 bits per heavy atom. The second kappa shape index (κ2) is 3.99. The van der Waals surface area contributed by atoms with Crippen LogP contribution in [0.5, 0.6) is 0 Å². The van der Waals surface area contributed by atoms with Gasteiger partial charge in [0.25, 0.3) is 0 Å². The molecule has 0 spiro atoms. The van der Waals surface area contributed by atoms with Gasteiger partial charge in [-0.2, -0.15) is 0 Å². The lowest BCUT2D eigenvalue weighted by Gasteiger charge is -2.18. The Bertz CT molecular complexity index is 307. The van der Waals surface area contributed by atoms with Crippen LogP contribution in [0.3, 0.4) is 0 Å². The van der Waals surface area contributed by atoms with Gasteiger partial charge in [-0.15, -0.1) is 0 Å². The molecule has 0 unspecified atom stereocenters. The minimum atomic E-state index is -0.580. The number of nitrogens with zero attached hydrogens (tertiary/aromatic N) is 3. The summed E-state index contributed by atoms with van der Waals surface area (Å²) in [5.41, 5.74) is -0.531. The summed E-state index contributed by atoms with van der Waals surface area (Å²) in [5, 5.41) is 2.38. The smallest absolute Gasteiger partial charge is 0.414 e. The fourth-order valence-corrected chi connectivity index (χ4v) is 0.699. The molecule has 1 aromatic heterocycles.